The van der Waals surface area contributed by atoms with Crippen molar-refractivity contribution in [3.8, 4) is 0 Å². The van der Waals surface area contributed by atoms with Crippen molar-refractivity contribution >= 4 is 17.9 Å². The summed E-state index contributed by atoms with van der Waals surface area (Å²) in [6.45, 7) is 6.58. The van der Waals surface area contributed by atoms with Gasteiger partial charge in [-0.15, -0.1) is 0 Å². The van der Waals surface area contributed by atoms with Crippen LogP contribution < -0.4 is 0 Å². The second-order valence-corrected chi connectivity index (χ2v) is 23.4. The van der Waals surface area contributed by atoms with Crippen molar-refractivity contribution in [2.45, 2.75) is 367 Å². The van der Waals surface area contributed by atoms with Gasteiger partial charge < -0.3 is 14.2 Å². The van der Waals surface area contributed by atoms with Crippen LogP contribution in [0.3, 0.4) is 0 Å². The van der Waals surface area contributed by atoms with Crippen molar-refractivity contribution in [2.75, 3.05) is 13.2 Å². The predicted molar refractivity (Wildman–Crippen MR) is 348 cm³/mol. The van der Waals surface area contributed by atoms with Crippen molar-refractivity contribution in [1.29, 1.82) is 0 Å². The fraction of sp³-hybridized carbons (Fsp3) is 0.797. The molecule has 6 nitrogen and oxygen atoms in total. The molecule has 0 aromatic rings. The summed E-state index contributed by atoms with van der Waals surface area (Å²) in [5, 5.41) is 0. The number of carbonyl (C=O) groups excluding carboxylic acids is 3. The Labute approximate surface area is 497 Å². The molecule has 0 saturated carbocycles. The van der Waals surface area contributed by atoms with Gasteiger partial charge in [-0.1, -0.05) is 325 Å². The Bertz CT molecular complexity index is 1470. The molecule has 0 amide bonds. The van der Waals surface area contributed by atoms with Gasteiger partial charge >= 0.3 is 17.9 Å². The topological polar surface area (TPSA) is 78.9 Å². The lowest BCUT2D eigenvalue weighted by molar-refractivity contribution is -0.167. The van der Waals surface area contributed by atoms with E-state index in [9.17, 15) is 14.4 Å². The number of esters is 3. The zero-order valence-corrected chi connectivity index (χ0v) is 53.3. The first-order chi connectivity index (χ1) is 39.5. The molecule has 0 bridgehead atoms. The van der Waals surface area contributed by atoms with Gasteiger partial charge in [-0.25, -0.2) is 0 Å². The first-order valence-corrected chi connectivity index (χ1v) is 34.9. The maximum atomic E-state index is 12.9. The molecule has 0 heterocycles. The molecule has 0 aliphatic heterocycles. The Kier molecular flexibility index (Phi) is 65.7. The van der Waals surface area contributed by atoms with Crippen LogP contribution in [0, 0.1) is 0 Å². The van der Waals surface area contributed by atoms with Crippen LogP contribution in [0.2, 0.25) is 0 Å². The van der Waals surface area contributed by atoms with Crippen LogP contribution in [0.4, 0.5) is 0 Å². The fourth-order valence-electron chi connectivity index (χ4n) is 10.2. The molecule has 0 aromatic heterocycles. The van der Waals surface area contributed by atoms with Crippen LogP contribution in [0.15, 0.2) is 72.9 Å². The van der Waals surface area contributed by atoms with Crippen molar-refractivity contribution in [1.82, 2.24) is 0 Å². The molecule has 0 rings (SSSR count). The van der Waals surface area contributed by atoms with Crippen LogP contribution in [0.5, 0.6) is 0 Å². The summed E-state index contributed by atoms with van der Waals surface area (Å²) in [4.78, 5) is 38.4. The first-order valence-electron chi connectivity index (χ1n) is 34.9. The van der Waals surface area contributed by atoms with Gasteiger partial charge in [-0.05, 0) is 89.9 Å². The zero-order chi connectivity index (χ0) is 57.8. The monoisotopic (exact) mass is 1120 g/mol. The van der Waals surface area contributed by atoms with Crippen molar-refractivity contribution in [3.05, 3.63) is 72.9 Å². The number of carbonyl (C=O) groups is 3. The summed E-state index contributed by atoms with van der Waals surface area (Å²) in [5.41, 5.74) is 0. The second kappa shape index (κ2) is 68.3. The Hall–Kier alpha value is -3.15. The fourth-order valence-corrected chi connectivity index (χ4v) is 10.2. The van der Waals surface area contributed by atoms with Gasteiger partial charge in [0.15, 0.2) is 6.10 Å². The van der Waals surface area contributed by atoms with E-state index < -0.39 is 6.10 Å². The van der Waals surface area contributed by atoms with Gasteiger partial charge in [0.1, 0.15) is 13.2 Å². The van der Waals surface area contributed by atoms with Crippen molar-refractivity contribution < 1.29 is 28.6 Å². The third-order valence-corrected chi connectivity index (χ3v) is 15.4. The molecule has 0 N–H and O–H groups in total. The summed E-state index contributed by atoms with van der Waals surface area (Å²) >= 11 is 0. The summed E-state index contributed by atoms with van der Waals surface area (Å²) in [5.74, 6) is -0.855. The van der Waals surface area contributed by atoms with Crippen molar-refractivity contribution in [3.63, 3.8) is 0 Å². The molecular weight excluding hydrogens is 985 g/mol. The molecule has 80 heavy (non-hydrogen) atoms. The van der Waals surface area contributed by atoms with Crippen LogP contribution in [0.25, 0.3) is 0 Å². The van der Waals surface area contributed by atoms with E-state index in [2.05, 4.69) is 93.7 Å². The number of hydrogen-bond donors (Lipinski definition) is 0. The van der Waals surface area contributed by atoms with E-state index in [1.165, 1.54) is 231 Å². The molecule has 1 unspecified atom stereocenters. The molecule has 1 atom stereocenters. The number of ether oxygens (including phenoxy) is 3. The highest BCUT2D eigenvalue weighted by Crippen LogP contribution is 2.18. The van der Waals surface area contributed by atoms with E-state index in [0.717, 1.165) is 89.9 Å². The third-order valence-electron chi connectivity index (χ3n) is 15.4. The highest BCUT2D eigenvalue weighted by atomic mass is 16.6. The summed E-state index contributed by atoms with van der Waals surface area (Å²) in [7, 11) is 0. The summed E-state index contributed by atoms with van der Waals surface area (Å²) in [6.07, 6.45) is 89.2. The van der Waals surface area contributed by atoms with Gasteiger partial charge in [0.05, 0.1) is 0 Å². The molecule has 0 aliphatic carbocycles. The Morgan fingerprint density at radius 1 is 0.263 bits per heavy atom. The summed E-state index contributed by atoms with van der Waals surface area (Å²) < 4.78 is 17.0. The molecule has 0 radical (unpaired) electrons. The standard InChI is InChI=1S/C74H132O6/c1-4-7-10-13-16-19-22-25-28-30-32-33-34-35-36-37-38-39-40-41-42-44-46-49-52-55-58-61-64-67-73(76)79-70-71(69-78-72(75)66-63-60-57-54-51-48-45-27-24-21-18-15-12-9-6-3)80-74(77)68-65-62-59-56-53-50-47-43-31-29-26-23-20-17-14-11-8-5-2/h7,10,16,19,25,28-29,31-33,35-36,71H,4-6,8-9,11-15,17-18,20-24,26-27,30,34,37-70H2,1-3H3/b10-7-,19-16-,28-25-,31-29-,33-32-,36-35-. The van der Waals surface area contributed by atoms with Crippen LogP contribution >= 0.6 is 0 Å². The van der Waals surface area contributed by atoms with E-state index in [1.54, 1.807) is 0 Å². The zero-order valence-electron chi connectivity index (χ0n) is 53.3. The van der Waals surface area contributed by atoms with E-state index in [-0.39, 0.29) is 31.1 Å². The maximum Gasteiger partial charge on any atom is 0.306 e. The van der Waals surface area contributed by atoms with Crippen LogP contribution in [-0.2, 0) is 28.6 Å². The highest BCUT2D eigenvalue weighted by Gasteiger charge is 2.19. The van der Waals surface area contributed by atoms with Crippen molar-refractivity contribution in [2.24, 2.45) is 0 Å². The van der Waals surface area contributed by atoms with Gasteiger partial charge in [0, 0.05) is 19.3 Å². The molecular formula is C74H132O6. The first kappa shape index (κ1) is 76.9. The molecule has 0 spiro atoms. The molecule has 0 aliphatic rings. The molecule has 6 heteroatoms. The predicted octanol–water partition coefficient (Wildman–Crippen LogP) is 24.1. The molecule has 0 saturated heterocycles. The quantitative estimate of drug-likeness (QED) is 0.0261. The second-order valence-electron chi connectivity index (χ2n) is 23.4. The van der Waals surface area contributed by atoms with Gasteiger partial charge in [-0.3, -0.25) is 14.4 Å². The smallest absolute Gasteiger partial charge is 0.306 e. The van der Waals surface area contributed by atoms with Crippen LogP contribution in [-0.4, -0.2) is 37.2 Å². The highest BCUT2D eigenvalue weighted by molar-refractivity contribution is 5.71. The minimum Gasteiger partial charge on any atom is -0.462 e. The van der Waals surface area contributed by atoms with E-state index in [1.807, 2.05) is 0 Å². The van der Waals surface area contributed by atoms with Gasteiger partial charge in [0.2, 0.25) is 0 Å². The number of hydrogen-bond acceptors (Lipinski definition) is 6. The SMILES string of the molecule is CC/C=C\C/C=C\C/C=C\C/C=C\C/C=C\CCCCCCCCCCCCCCCC(=O)OCC(COC(=O)CCCCCCCCCCCCCCCCC)OC(=O)CCCCCCCCC/C=C\CCCCCCCCC. The number of allylic oxidation sites excluding steroid dienone is 12. The van der Waals surface area contributed by atoms with E-state index >= 15 is 0 Å². The Morgan fingerprint density at radius 2 is 0.487 bits per heavy atom. The average Bonchev–Trinajstić information content (AvgIpc) is 3.46. The lowest BCUT2D eigenvalue weighted by Gasteiger charge is -2.18. The minimum atomic E-state index is -0.777. The Balaban J connectivity index is 4.26. The molecule has 0 aromatic carbocycles. The maximum absolute atomic E-state index is 12.9. The van der Waals surface area contributed by atoms with Crippen LogP contribution in [0.1, 0.15) is 361 Å². The number of rotatable bonds is 64. The normalized spacial score (nSPS) is 12.5. The summed E-state index contributed by atoms with van der Waals surface area (Å²) in [6, 6.07) is 0. The van der Waals surface area contributed by atoms with Gasteiger partial charge in [-0.2, -0.15) is 0 Å². The van der Waals surface area contributed by atoms with E-state index in [4.69, 9.17) is 14.2 Å². The number of unbranched alkanes of at least 4 members (excludes halogenated alkanes) is 41. The molecule has 0 fully saturated rings. The lowest BCUT2D eigenvalue weighted by Crippen LogP contribution is -2.30. The Morgan fingerprint density at radius 3 is 0.775 bits per heavy atom. The third kappa shape index (κ3) is 65.7. The largest absolute Gasteiger partial charge is 0.462 e. The lowest BCUT2D eigenvalue weighted by atomic mass is 10.0. The minimum absolute atomic E-state index is 0.0721. The average molecular weight is 1120 g/mol. The molecule has 464 valence electrons. The van der Waals surface area contributed by atoms with Gasteiger partial charge in [0.25, 0.3) is 0 Å². The van der Waals surface area contributed by atoms with E-state index in [0.29, 0.717) is 19.3 Å².